The molecule has 0 radical (unpaired) electrons. The van der Waals surface area contributed by atoms with Gasteiger partial charge in [0.05, 0.1) is 5.56 Å². The summed E-state index contributed by atoms with van der Waals surface area (Å²) in [6.45, 7) is 0.953. The van der Waals surface area contributed by atoms with Crippen LogP contribution in [-0.2, 0) is 19.0 Å². The van der Waals surface area contributed by atoms with E-state index in [4.69, 9.17) is 0 Å². The number of aryl methyl sites for hydroxylation is 1. The fourth-order valence-electron chi connectivity index (χ4n) is 3.02. The van der Waals surface area contributed by atoms with E-state index in [1.54, 1.807) is 12.1 Å². The van der Waals surface area contributed by atoms with Gasteiger partial charge >= 0.3 is 6.18 Å². The Morgan fingerprint density at radius 2 is 1.73 bits per heavy atom. The fourth-order valence-corrected chi connectivity index (χ4v) is 3.02. The number of nitrogens with one attached hydrogen (secondary N) is 1. The minimum absolute atomic E-state index is 0.284. The molecule has 0 spiro atoms. The summed E-state index contributed by atoms with van der Waals surface area (Å²) in [6, 6.07) is 14.2. The highest BCUT2D eigenvalue weighted by Crippen LogP contribution is 2.30. The van der Waals surface area contributed by atoms with Crippen LogP contribution >= 0.6 is 0 Å². The second-order valence-electron chi connectivity index (χ2n) is 5.69. The third kappa shape index (κ3) is 3.33. The molecule has 0 saturated carbocycles. The van der Waals surface area contributed by atoms with E-state index in [0.29, 0.717) is 0 Å². The van der Waals surface area contributed by atoms with E-state index in [0.717, 1.165) is 43.5 Å². The molecule has 0 fully saturated rings. The third-order valence-corrected chi connectivity index (χ3v) is 4.22. The lowest BCUT2D eigenvalue weighted by molar-refractivity contribution is -0.137. The smallest absolute Gasteiger partial charge is 0.310 e. The van der Waals surface area contributed by atoms with E-state index in [2.05, 4.69) is 23.5 Å². The van der Waals surface area contributed by atoms with Crippen LogP contribution in [0.2, 0.25) is 0 Å². The van der Waals surface area contributed by atoms with Gasteiger partial charge in [-0.2, -0.15) is 13.2 Å². The van der Waals surface area contributed by atoms with Crippen molar-refractivity contribution in [2.75, 3.05) is 6.54 Å². The highest BCUT2D eigenvalue weighted by atomic mass is 19.4. The predicted octanol–water partition coefficient (Wildman–Crippen LogP) is 4.53. The van der Waals surface area contributed by atoms with Crippen molar-refractivity contribution in [3.05, 3.63) is 70.8 Å². The summed E-state index contributed by atoms with van der Waals surface area (Å²) in [4.78, 5) is 0. The predicted molar refractivity (Wildman–Crippen MR) is 80.7 cm³/mol. The molecule has 1 unspecified atom stereocenters. The van der Waals surface area contributed by atoms with Gasteiger partial charge in [0.2, 0.25) is 0 Å². The number of hydrogen-bond acceptors (Lipinski definition) is 1. The molecule has 1 aliphatic heterocycles. The minimum Gasteiger partial charge on any atom is -0.310 e. The number of fused-ring (bicyclic) bond motifs is 1. The number of alkyl halides is 3. The molecule has 1 nitrogen and oxygen atoms in total. The van der Waals surface area contributed by atoms with E-state index in [-0.39, 0.29) is 6.04 Å². The molecule has 22 heavy (non-hydrogen) atoms. The molecule has 2 aromatic rings. The van der Waals surface area contributed by atoms with Gasteiger partial charge in [-0.1, -0.05) is 36.4 Å². The zero-order valence-corrected chi connectivity index (χ0v) is 12.2. The molecule has 0 aliphatic carbocycles. The van der Waals surface area contributed by atoms with Gasteiger partial charge in [-0.3, -0.25) is 0 Å². The Bertz CT molecular complexity index is 632. The molecule has 1 heterocycles. The largest absolute Gasteiger partial charge is 0.416 e. The van der Waals surface area contributed by atoms with E-state index < -0.39 is 11.7 Å². The molecule has 0 amide bonds. The van der Waals surface area contributed by atoms with Gasteiger partial charge < -0.3 is 5.32 Å². The van der Waals surface area contributed by atoms with Crippen LogP contribution in [0, 0.1) is 0 Å². The van der Waals surface area contributed by atoms with E-state index in [1.165, 1.54) is 11.1 Å². The maximum atomic E-state index is 12.6. The van der Waals surface area contributed by atoms with Crippen molar-refractivity contribution in [3.8, 4) is 0 Å². The Hall–Kier alpha value is -1.81. The average molecular weight is 305 g/mol. The molecular weight excluding hydrogens is 287 g/mol. The molecular formula is C18H18F3N. The van der Waals surface area contributed by atoms with Crippen LogP contribution in [-0.4, -0.2) is 6.54 Å². The third-order valence-electron chi connectivity index (χ3n) is 4.22. The standard InChI is InChI=1S/C18H18F3N/c19-18(20,21)15-8-5-13(6-9-15)7-10-17-16-4-2-1-3-14(16)11-12-22-17/h1-6,8-9,17,22H,7,10-12H2. The Balaban J connectivity index is 1.66. The second-order valence-corrected chi connectivity index (χ2v) is 5.69. The molecule has 1 aliphatic rings. The Kier molecular flexibility index (Phi) is 4.21. The molecule has 2 aromatic carbocycles. The molecule has 4 heteroatoms. The van der Waals surface area contributed by atoms with Crippen molar-refractivity contribution in [3.63, 3.8) is 0 Å². The molecule has 116 valence electrons. The molecule has 1 N–H and O–H groups in total. The van der Waals surface area contributed by atoms with Crippen molar-refractivity contribution < 1.29 is 13.2 Å². The first-order chi connectivity index (χ1) is 10.5. The van der Waals surface area contributed by atoms with Gasteiger partial charge in [-0.25, -0.2) is 0 Å². The lowest BCUT2D eigenvalue weighted by atomic mass is 9.90. The molecule has 0 aromatic heterocycles. The van der Waals surface area contributed by atoms with Crippen molar-refractivity contribution in [2.24, 2.45) is 0 Å². The second kappa shape index (κ2) is 6.13. The Morgan fingerprint density at radius 3 is 2.45 bits per heavy atom. The quantitative estimate of drug-likeness (QED) is 0.879. The molecule has 0 bridgehead atoms. The lowest BCUT2D eigenvalue weighted by Crippen LogP contribution is -2.30. The Labute approximate surface area is 128 Å². The molecule has 1 atom stereocenters. The van der Waals surface area contributed by atoms with E-state index >= 15 is 0 Å². The van der Waals surface area contributed by atoms with Crippen LogP contribution in [0.1, 0.15) is 34.7 Å². The SMILES string of the molecule is FC(F)(F)c1ccc(CCC2NCCc3ccccc32)cc1. The summed E-state index contributed by atoms with van der Waals surface area (Å²) in [7, 11) is 0. The van der Waals surface area contributed by atoms with E-state index in [1.807, 2.05) is 6.07 Å². The summed E-state index contributed by atoms with van der Waals surface area (Å²) in [5.41, 5.74) is 3.05. The summed E-state index contributed by atoms with van der Waals surface area (Å²) < 4.78 is 37.7. The summed E-state index contributed by atoms with van der Waals surface area (Å²) in [6.07, 6.45) is -1.57. The zero-order chi connectivity index (χ0) is 15.6. The highest BCUT2D eigenvalue weighted by Gasteiger charge is 2.30. The van der Waals surface area contributed by atoms with Crippen molar-refractivity contribution in [2.45, 2.75) is 31.5 Å². The van der Waals surface area contributed by atoms with Crippen LogP contribution in [0.15, 0.2) is 48.5 Å². The molecule has 0 saturated heterocycles. The fraction of sp³-hybridized carbons (Fsp3) is 0.333. The van der Waals surface area contributed by atoms with Gasteiger partial charge in [0.25, 0.3) is 0 Å². The van der Waals surface area contributed by atoms with Crippen LogP contribution < -0.4 is 5.32 Å². The summed E-state index contributed by atoms with van der Waals surface area (Å²) in [5, 5.41) is 3.50. The summed E-state index contributed by atoms with van der Waals surface area (Å²) >= 11 is 0. The number of benzene rings is 2. The lowest BCUT2D eigenvalue weighted by Gasteiger charge is -2.27. The van der Waals surface area contributed by atoms with Gasteiger partial charge in [0.15, 0.2) is 0 Å². The first-order valence-electron chi connectivity index (χ1n) is 7.51. The van der Waals surface area contributed by atoms with Crippen LogP contribution in [0.25, 0.3) is 0 Å². The average Bonchev–Trinajstić information content (AvgIpc) is 2.52. The molecule has 3 rings (SSSR count). The highest BCUT2D eigenvalue weighted by molar-refractivity contribution is 5.33. The zero-order valence-electron chi connectivity index (χ0n) is 12.2. The van der Waals surface area contributed by atoms with Crippen molar-refractivity contribution >= 4 is 0 Å². The number of hydrogen-bond donors (Lipinski definition) is 1. The normalized spacial score (nSPS) is 18.0. The summed E-state index contributed by atoms with van der Waals surface area (Å²) in [5.74, 6) is 0. The number of rotatable bonds is 3. The maximum absolute atomic E-state index is 12.6. The van der Waals surface area contributed by atoms with Crippen molar-refractivity contribution in [1.29, 1.82) is 0 Å². The van der Waals surface area contributed by atoms with Crippen LogP contribution in [0.5, 0.6) is 0 Å². The monoisotopic (exact) mass is 305 g/mol. The minimum atomic E-state index is -4.26. The van der Waals surface area contributed by atoms with Gasteiger partial charge in [-0.15, -0.1) is 0 Å². The number of halogens is 3. The van der Waals surface area contributed by atoms with Crippen LogP contribution in [0.4, 0.5) is 13.2 Å². The van der Waals surface area contributed by atoms with Crippen LogP contribution in [0.3, 0.4) is 0 Å². The first-order valence-corrected chi connectivity index (χ1v) is 7.51. The van der Waals surface area contributed by atoms with Gasteiger partial charge in [0.1, 0.15) is 0 Å². The van der Waals surface area contributed by atoms with Crippen molar-refractivity contribution in [1.82, 2.24) is 5.32 Å². The Morgan fingerprint density at radius 1 is 1.00 bits per heavy atom. The maximum Gasteiger partial charge on any atom is 0.416 e. The van der Waals surface area contributed by atoms with Gasteiger partial charge in [-0.05, 0) is 54.6 Å². The first kappa shape index (κ1) is 15.1. The van der Waals surface area contributed by atoms with Gasteiger partial charge in [0, 0.05) is 6.04 Å². The van der Waals surface area contributed by atoms with E-state index in [9.17, 15) is 13.2 Å². The topological polar surface area (TPSA) is 12.0 Å².